The van der Waals surface area contributed by atoms with Gasteiger partial charge in [-0.2, -0.15) is 4.31 Å². The van der Waals surface area contributed by atoms with E-state index in [1.165, 1.54) is 11.3 Å². The molecule has 1 atom stereocenters. The Bertz CT molecular complexity index is 570. The van der Waals surface area contributed by atoms with Crippen LogP contribution in [0.1, 0.15) is 12.0 Å². The first kappa shape index (κ1) is 17.2. The zero-order chi connectivity index (χ0) is 14.2. The quantitative estimate of drug-likeness (QED) is 0.887. The molecule has 1 N–H and O–H groups in total. The van der Waals surface area contributed by atoms with E-state index in [4.69, 9.17) is 0 Å². The Morgan fingerprint density at radius 2 is 2.00 bits per heavy atom. The molecule has 1 unspecified atom stereocenters. The second-order valence-electron chi connectivity index (χ2n) is 5.48. The monoisotopic (exact) mass is 351 g/mol. The molecule has 3 rings (SSSR count). The molecule has 0 amide bonds. The lowest BCUT2D eigenvalue weighted by Gasteiger charge is -2.32. The molecule has 2 aliphatic rings. The number of piperazine rings is 1. The largest absolute Gasteiger partial charge is 0.314 e. The van der Waals surface area contributed by atoms with Gasteiger partial charge >= 0.3 is 0 Å². The number of rotatable bonds is 3. The van der Waals surface area contributed by atoms with Gasteiger partial charge in [-0.1, -0.05) is 0 Å². The molecule has 2 saturated heterocycles. The fourth-order valence-corrected chi connectivity index (χ4v) is 6.06. The van der Waals surface area contributed by atoms with Gasteiger partial charge in [-0.15, -0.1) is 23.7 Å². The number of sulfonamides is 1. The van der Waals surface area contributed by atoms with Crippen LogP contribution in [0.25, 0.3) is 0 Å². The topological polar surface area (TPSA) is 52.7 Å². The van der Waals surface area contributed by atoms with Gasteiger partial charge in [0, 0.05) is 45.3 Å². The molecule has 5 nitrogen and oxygen atoms in total. The van der Waals surface area contributed by atoms with Gasteiger partial charge in [0.2, 0.25) is 0 Å². The third-order valence-electron chi connectivity index (χ3n) is 4.18. The SMILES string of the molecule is Cc1ccsc1S(=O)(=O)N1CCC(N2CCNCC2)C1.Cl. The van der Waals surface area contributed by atoms with E-state index in [1.807, 2.05) is 18.4 Å². The van der Waals surface area contributed by atoms with Crippen LogP contribution in [0.15, 0.2) is 15.7 Å². The fraction of sp³-hybridized carbons (Fsp3) is 0.692. The van der Waals surface area contributed by atoms with Crippen LogP contribution in [0.4, 0.5) is 0 Å². The van der Waals surface area contributed by atoms with E-state index in [2.05, 4.69) is 10.2 Å². The molecular weight excluding hydrogens is 330 g/mol. The summed E-state index contributed by atoms with van der Waals surface area (Å²) in [4.78, 5) is 2.42. The van der Waals surface area contributed by atoms with Gasteiger partial charge < -0.3 is 5.32 Å². The van der Waals surface area contributed by atoms with Gasteiger partial charge in [0.15, 0.2) is 0 Å². The summed E-state index contributed by atoms with van der Waals surface area (Å²) < 4.78 is 27.5. The predicted octanol–water partition coefficient (Wildman–Crippen LogP) is 1.15. The average molecular weight is 352 g/mol. The van der Waals surface area contributed by atoms with Crippen LogP contribution in [-0.2, 0) is 10.0 Å². The van der Waals surface area contributed by atoms with Gasteiger partial charge in [-0.05, 0) is 30.4 Å². The highest BCUT2D eigenvalue weighted by atomic mass is 35.5. The van der Waals surface area contributed by atoms with Crippen molar-refractivity contribution in [3.8, 4) is 0 Å². The Hall–Kier alpha value is -0.180. The van der Waals surface area contributed by atoms with Crippen molar-refractivity contribution in [2.24, 2.45) is 0 Å². The molecule has 1 aromatic rings. The lowest BCUT2D eigenvalue weighted by atomic mass is 10.2. The summed E-state index contributed by atoms with van der Waals surface area (Å²) >= 11 is 1.33. The van der Waals surface area contributed by atoms with Crippen LogP contribution in [-0.4, -0.2) is 62.9 Å². The Morgan fingerprint density at radius 1 is 1.29 bits per heavy atom. The minimum Gasteiger partial charge on any atom is -0.314 e. The van der Waals surface area contributed by atoms with Gasteiger partial charge in [0.25, 0.3) is 10.0 Å². The van der Waals surface area contributed by atoms with Crippen molar-refractivity contribution in [3.05, 3.63) is 17.0 Å². The minimum atomic E-state index is -3.29. The molecule has 0 bridgehead atoms. The number of thiophene rings is 1. The Labute approximate surface area is 136 Å². The number of halogens is 1. The van der Waals surface area contributed by atoms with E-state index in [9.17, 15) is 8.42 Å². The third-order valence-corrected chi connectivity index (χ3v) is 7.71. The summed E-state index contributed by atoms with van der Waals surface area (Å²) in [5, 5.41) is 5.19. The van der Waals surface area contributed by atoms with Crippen LogP contribution >= 0.6 is 23.7 Å². The number of nitrogens with zero attached hydrogens (tertiary/aromatic N) is 2. The molecule has 0 aromatic carbocycles. The summed E-state index contributed by atoms with van der Waals surface area (Å²) in [6, 6.07) is 2.26. The lowest BCUT2D eigenvalue weighted by Crippen LogP contribution is -2.49. The fourth-order valence-electron chi connectivity index (χ4n) is 3.01. The van der Waals surface area contributed by atoms with Crippen molar-refractivity contribution in [1.29, 1.82) is 0 Å². The Balaban J connectivity index is 0.00000161. The highest BCUT2D eigenvalue weighted by Gasteiger charge is 2.36. The lowest BCUT2D eigenvalue weighted by molar-refractivity contribution is 0.179. The van der Waals surface area contributed by atoms with Crippen LogP contribution in [0.2, 0.25) is 0 Å². The predicted molar refractivity (Wildman–Crippen MR) is 87.9 cm³/mol. The zero-order valence-electron chi connectivity index (χ0n) is 12.1. The summed E-state index contributed by atoms with van der Waals surface area (Å²) in [7, 11) is -3.29. The van der Waals surface area contributed by atoms with Crippen molar-refractivity contribution < 1.29 is 8.42 Å². The molecule has 21 heavy (non-hydrogen) atoms. The second-order valence-corrected chi connectivity index (χ2v) is 8.53. The highest BCUT2D eigenvalue weighted by Crippen LogP contribution is 2.29. The molecule has 120 valence electrons. The van der Waals surface area contributed by atoms with Crippen LogP contribution in [0, 0.1) is 6.92 Å². The maximum Gasteiger partial charge on any atom is 0.252 e. The van der Waals surface area contributed by atoms with Crippen LogP contribution in [0.5, 0.6) is 0 Å². The second kappa shape index (κ2) is 6.93. The van der Waals surface area contributed by atoms with Crippen molar-refractivity contribution in [2.75, 3.05) is 39.3 Å². The van der Waals surface area contributed by atoms with E-state index in [-0.39, 0.29) is 12.4 Å². The van der Waals surface area contributed by atoms with E-state index in [0.717, 1.165) is 38.2 Å². The summed E-state index contributed by atoms with van der Waals surface area (Å²) in [6.45, 7) is 7.22. The molecule has 2 fully saturated rings. The van der Waals surface area contributed by atoms with Crippen LogP contribution in [0.3, 0.4) is 0 Å². The summed E-state index contributed by atoms with van der Waals surface area (Å²) in [6.07, 6.45) is 0.948. The highest BCUT2D eigenvalue weighted by molar-refractivity contribution is 7.91. The molecular formula is C13H22ClN3O2S2. The van der Waals surface area contributed by atoms with Gasteiger partial charge in [-0.3, -0.25) is 4.90 Å². The normalized spacial score (nSPS) is 24.9. The minimum absolute atomic E-state index is 0. The van der Waals surface area contributed by atoms with Gasteiger partial charge in [0.1, 0.15) is 4.21 Å². The molecule has 8 heteroatoms. The molecule has 3 heterocycles. The molecule has 0 radical (unpaired) electrons. The van der Waals surface area contributed by atoms with E-state index in [0.29, 0.717) is 23.3 Å². The molecule has 0 saturated carbocycles. The zero-order valence-corrected chi connectivity index (χ0v) is 14.6. The molecule has 1 aromatic heterocycles. The first-order valence-electron chi connectivity index (χ1n) is 7.08. The van der Waals surface area contributed by atoms with E-state index >= 15 is 0 Å². The van der Waals surface area contributed by atoms with E-state index < -0.39 is 10.0 Å². The van der Waals surface area contributed by atoms with Crippen molar-refractivity contribution >= 4 is 33.8 Å². The van der Waals surface area contributed by atoms with Crippen molar-refractivity contribution in [1.82, 2.24) is 14.5 Å². The standard InChI is InChI=1S/C13H21N3O2S2.ClH/c1-11-3-9-19-13(11)20(17,18)16-6-2-12(10-16)15-7-4-14-5-8-15;/h3,9,12,14H,2,4-8,10H2,1H3;1H. The van der Waals surface area contributed by atoms with Crippen LogP contribution < -0.4 is 5.32 Å². The van der Waals surface area contributed by atoms with E-state index in [1.54, 1.807) is 4.31 Å². The van der Waals surface area contributed by atoms with Crippen molar-refractivity contribution in [3.63, 3.8) is 0 Å². The summed E-state index contributed by atoms with van der Waals surface area (Å²) in [5.41, 5.74) is 0.862. The number of hydrogen-bond acceptors (Lipinski definition) is 5. The Kier molecular flexibility index (Phi) is 5.67. The average Bonchev–Trinajstić information content (AvgIpc) is 3.08. The maximum absolute atomic E-state index is 12.7. The smallest absolute Gasteiger partial charge is 0.252 e. The number of nitrogens with one attached hydrogen (secondary N) is 1. The molecule has 2 aliphatic heterocycles. The van der Waals surface area contributed by atoms with Gasteiger partial charge in [0.05, 0.1) is 0 Å². The first-order chi connectivity index (χ1) is 9.59. The Morgan fingerprint density at radius 3 is 2.62 bits per heavy atom. The third kappa shape index (κ3) is 3.43. The molecule has 0 spiro atoms. The molecule has 0 aliphatic carbocycles. The maximum atomic E-state index is 12.7. The number of hydrogen-bond donors (Lipinski definition) is 1. The van der Waals surface area contributed by atoms with Crippen molar-refractivity contribution in [2.45, 2.75) is 23.6 Å². The number of aryl methyl sites for hydroxylation is 1. The van der Waals surface area contributed by atoms with Gasteiger partial charge in [-0.25, -0.2) is 8.42 Å². The first-order valence-corrected chi connectivity index (χ1v) is 9.40. The summed E-state index contributed by atoms with van der Waals surface area (Å²) in [5.74, 6) is 0.